The Morgan fingerprint density at radius 3 is 2.54 bits per heavy atom. The molecule has 10 heteroatoms. The zero-order valence-electron chi connectivity index (χ0n) is 12.9. The average molecular weight is 389 g/mol. The van der Waals surface area contributed by atoms with E-state index in [9.17, 15) is 13.2 Å². The first kappa shape index (κ1) is 18.7. The smallest absolute Gasteiger partial charge is 0.266 e. The Kier molecular flexibility index (Phi) is 5.86. The van der Waals surface area contributed by atoms with Gasteiger partial charge in [0.15, 0.2) is 11.5 Å². The molecule has 0 atom stereocenters. The minimum atomic E-state index is -4.16. The van der Waals surface area contributed by atoms with E-state index in [1.54, 1.807) is 24.3 Å². The van der Waals surface area contributed by atoms with E-state index in [4.69, 9.17) is 26.2 Å². The van der Waals surface area contributed by atoms with Crippen LogP contribution in [0, 0.1) is 0 Å². The third kappa shape index (κ3) is 4.47. The number of hydrogen-bond donors (Lipinski definition) is 1. The Morgan fingerprint density at radius 1 is 1.29 bits per heavy atom. The highest BCUT2D eigenvalue weighted by Crippen LogP contribution is 2.34. The van der Waals surface area contributed by atoms with Crippen molar-refractivity contribution in [3.8, 4) is 11.5 Å². The summed E-state index contributed by atoms with van der Waals surface area (Å²) in [5.74, 6) is 0.121. The number of benzene rings is 1. The van der Waals surface area contributed by atoms with Crippen LogP contribution in [0.4, 0.5) is 0 Å². The van der Waals surface area contributed by atoms with Crippen molar-refractivity contribution in [1.82, 2.24) is 4.90 Å². The summed E-state index contributed by atoms with van der Waals surface area (Å²) in [4.78, 5) is 13.8. The predicted molar refractivity (Wildman–Crippen MR) is 95.8 cm³/mol. The quantitative estimate of drug-likeness (QED) is 0.447. The molecule has 2 rings (SSSR count). The molecule has 1 N–H and O–H groups in total. The van der Waals surface area contributed by atoms with Gasteiger partial charge in [-0.3, -0.25) is 14.2 Å². The number of thiocarbonyl (C=S) groups is 1. The standard InChI is InChI=1S/C14H15NO6S3/c1-20-10-4-3-9(7-11(10)21-2)8-12-13(16)15(14(22)23-12)5-6-24(17,18)19/h3-4,7-8H,5-6H2,1-2H3,(H,17,18,19). The molecule has 130 valence electrons. The fraction of sp³-hybridized carbons (Fsp3) is 0.286. The summed E-state index contributed by atoms with van der Waals surface area (Å²) in [6.45, 7) is -0.188. The summed E-state index contributed by atoms with van der Waals surface area (Å²) < 4.78 is 41.1. The topological polar surface area (TPSA) is 93.1 Å². The van der Waals surface area contributed by atoms with Gasteiger partial charge in [-0.25, -0.2) is 0 Å². The SMILES string of the molecule is COc1ccc(C=C2SC(=S)N(CCS(=O)(=O)O)C2=O)cc1OC. The molecule has 1 fully saturated rings. The molecule has 1 heterocycles. The Labute approximate surface area is 149 Å². The van der Waals surface area contributed by atoms with Gasteiger partial charge < -0.3 is 9.47 Å². The number of ether oxygens (including phenoxy) is 2. The number of nitrogens with zero attached hydrogens (tertiary/aromatic N) is 1. The Hall–Kier alpha value is -1.62. The first-order valence-electron chi connectivity index (χ1n) is 6.67. The molecule has 7 nitrogen and oxygen atoms in total. The summed E-state index contributed by atoms with van der Waals surface area (Å²) >= 11 is 6.16. The lowest BCUT2D eigenvalue weighted by Crippen LogP contribution is -2.32. The van der Waals surface area contributed by atoms with Crippen LogP contribution in [0.2, 0.25) is 0 Å². The summed E-state index contributed by atoms with van der Waals surface area (Å²) in [5, 5.41) is 0. The lowest BCUT2D eigenvalue weighted by molar-refractivity contribution is -0.121. The van der Waals surface area contributed by atoms with E-state index in [2.05, 4.69) is 0 Å². The molecule has 1 aromatic carbocycles. The molecule has 0 bridgehead atoms. The average Bonchev–Trinajstić information content (AvgIpc) is 2.78. The molecule has 0 aliphatic carbocycles. The maximum Gasteiger partial charge on any atom is 0.266 e. The minimum absolute atomic E-state index is 0.188. The summed E-state index contributed by atoms with van der Waals surface area (Å²) in [6, 6.07) is 5.18. The third-order valence-corrected chi connectivity index (χ3v) is 5.23. The van der Waals surface area contributed by atoms with Gasteiger partial charge >= 0.3 is 0 Å². The fourth-order valence-corrected chi connectivity index (χ4v) is 3.72. The van der Waals surface area contributed by atoms with Crippen LogP contribution in [-0.4, -0.2) is 54.6 Å². The van der Waals surface area contributed by atoms with Gasteiger partial charge in [0.2, 0.25) is 0 Å². The summed E-state index contributed by atoms with van der Waals surface area (Å²) in [5.41, 5.74) is 0.711. The van der Waals surface area contributed by atoms with E-state index in [0.29, 0.717) is 22.0 Å². The lowest BCUT2D eigenvalue weighted by Gasteiger charge is -2.12. The normalized spacial score (nSPS) is 16.8. The number of carbonyl (C=O) groups is 1. The number of thioether (sulfide) groups is 1. The molecule has 0 saturated carbocycles. The van der Waals surface area contributed by atoms with E-state index in [-0.39, 0.29) is 10.9 Å². The highest BCUT2D eigenvalue weighted by atomic mass is 32.2. The summed E-state index contributed by atoms with van der Waals surface area (Å²) in [7, 11) is -1.13. The van der Waals surface area contributed by atoms with Crippen LogP contribution in [0.15, 0.2) is 23.1 Å². The summed E-state index contributed by atoms with van der Waals surface area (Å²) in [6.07, 6.45) is 1.63. The number of amides is 1. The molecule has 0 radical (unpaired) electrons. The highest BCUT2D eigenvalue weighted by Gasteiger charge is 2.32. The number of hydrogen-bond acceptors (Lipinski definition) is 7. The van der Waals surface area contributed by atoms with Gasteiger partial charge in [-0.1, -0.05) is 30.0 Å². The number of methoxy groups -OCH3 is 2. The number of carbonyl (C=O) groups excluding carboxylic acids is 1. The van der Waals surface area contributed by atoms with Gasteiger partial charge in [0, 0.05) is 6.54 Å². The zero-order chi connectivity index (χ0) is 17.9. The second-order valence-corrected chi connectivity index (χ2v) is 7.98. The van der Waals surface area contributed by atoms with Crippen molar-refractivity contribution in [2.24, 2.45) is 0 Å². The fourth-order valence-electron chi connectivity index (χ4n) is 1.99. The maximum atomic E-state index is 12.3. The minimum Gasteiger partial charge on any atom is -0.493 e. The van der Waals surface area contributed by atoms with Crippen LogP contribution < -0.4 is 9.47 Å². The molecule has 24 heavy (non-hydrogen) atoms. The lowest BCUT2D eigenvalue weighted by atomic mass is 10.2. The van der Waals surface area contributed by atoms with Crippen molar-refractivity contribution in [1.29, 1.82) is 0 Å². The molecule has 0 aromatic heterocycles. The second-order valence-electron chi connectivity index (χ2n) is 4.73. The van der Waals surface area contributed by atoms with Crippen molar-refractivity contribution in [3.63, 3.8) is 0 Å². The third-order valence-electron chi connectivity index (χ3n) is 3.15. The molecular weight excluding hydrogens is 374 g/mol. The van der Waals surface area contributed by atoms with Crippen LogP contribution >= 0.6 is 24.0 Å². The van der Waals surface area contributed by atoms with E-state index in [1.165, 1.54) is 14.2 Å². The van der Waals surface area contributed by atoms with Gasteiger partial charge in [0.1, 0.15) is 4.32 Å². The van der Waals surface area contributed by atoms with Gasteiger partial charge in [-0.15, -0.1) is 0 Å². The van der Waals surface area contributed by atoms with Crippen LogP contribution in [0.3, 0.4) is 0 Å². The van der Waals surface area contributed by atoms with E-state index in [1.807, 2.05) is 0 Å². The number of rotatable bonds is 6. The predicted octanol–water partition coefficient (Wildman–Crippen LogP) is 1.79. The van der Waals surface area contributed by atoms with Gasteiger partial charge in [-0.05, 0) is 23.8 Å². The molecule has 0 spiro atoms. The van der Waals surface area contributed by atoms with E-state index >= 15 is 0 Å². The van der Waals surface area contributed by atoms with E-state index < -0.39 is 21.8 Å². The van der Waals surface area contributed by atoms with Crippen LogP contribution in [-0.2, 0) is 14.9 Å². The van der Waals surface area contributed by atoms with Crippen LogP contribution in [0.25, 0.3) is 6.08 Å². The van der Waals surface area contributed by atoms with Crippen molar-refractivity contribution < 1.29 is 27.2 Å². The largest absolute Gasteiger partial charge is 0.493 e. The highest BCUT2D eigenvalue weighted by molar-refractivity contribution is 8.26. The maximum absolute atomic E-state index is 12.3. The molecule has 0 unspecified atom stereocenters. The zero-order valence-corrected chi connectivity index (χ0v) is 15.3. The molecule has 1 aliphatic rings. The molecule has 1 saturated heterocycles. The molecule has 1 aliphatic heterocycles. The van der Waals surface area contributed by atoms with Crippen molar-refractivity contribution >= 4 is 50.4 Å². The van der Waals surface area contributed by atoms with Gasteiger partial charge in [-0.2, -0.15) is 8.42 Å². The van der Waals surface area contributed by atoms with Gasteiger partial charge in [0.05, 0.1) is 24.9 Å². The van der Waals surface area contributed by atoms with Crippen molar-refractivity contribution in [2.45, 2.75) is 0 Å². The van der Waals surface area contributed by atoms with E-state index in [0.717, 1.165) is 16.7 Å². The van der Waals surface area contributed by atoms with Crippen LogP contribution in [0.1, 0.15) is 5.56 Å². The monoisotopic (exact) mass is 389 g/mol. The van der Waals surface area contributed by atoms with Crippen LogP contribution in [0.5, 0.6) is 11.5 Å². The van der Waals surface area contributed by atoms with Gasteiger partial charge in [0.25, 0.3) is 16.0 Å². The Balaban J connectivity index is 2.22. The first-order chi connectivity index (χ1) is 11.2. The Morgan fingerprint density at radius 2 is 1.96 bits per heavy atom. The van der Waals surface area contributed by atoms with Crippen molar-refractivity contribution in [3.05, 3.63) is 28.7 Å². The van der Waals surface area contributed by atoms with Crippen molar-refractivity contribution in [2.75, 3.05) is 26.5 Å². The molecular formula is C14H15NO6S3. The first-order valence-corrected chi connectivity index (χ1v) is 9.51. The molecule has 1 aromatic rings. The Bertz CT molecular complexity index is 803. The second kappa shape index (κ2) is 7.51. The molecule has 1 amide bonds.